The van der Waals surface area contributed by atoms with Crippen molar-refractivity contribution in [1.82, 2.24) is 5.32 Å². The Labute approximate surface area is 158 Å². The van der Waals surface area contributed by atoms with E-state index in [9.17, 15) is 0 Å². The van der Waals surface area contributed by atoms with Gasteiger partial charge in [-0.05, 0) is 69.6 Å². The van der Waals surface area contributed by atoms with Gasteiger partial charge in [0.2, 0.25) is 0 Å². The van der Waals surface area contributed by atoms with Crippen LogP contribution in [-0.4, -0.2) is 15.6 Å². The van der Waals surface area contributed by atoms with Crippen LogP contribution in [0, 0.1) is 5.41 Å². The summed E-state index contributed by atoms with van der Waals surface area (Å²) >= 11 is 10.9. The van der Waals surface area contributed by atoms with Gasteiger partial charge in [-0.1, -0.05) is 39.9 Å². The van der Waals surface area contributed by atoms with E-state index >= 15 is 0 Å². The predicted octanol–water partition coefficient (Wildman–Crippen LogP) is 5.73. The maximum absolute atomic E-state index is 5.52. The van der Waals surface area contributed by atoms with Crippen LogP contribution >= 0.6 is 24.4 Å². The first-order valence-corrected chi connectivity index (χ1v) is 9.48. The molecule has 0 bridgehead atoms. The highest BCUT2D eigenvalue weighted by Crippen LogP contribution is 2.26. The summed E-state index contributed by atoms with van der Waals surface area (Å²) in [5.41, 5.74) is 2.12. The van der Waals surface area contributed by atoms with Crippen LogP contribution in [0.2, 0.25) is 0 Å². The highest BCUT2D eigenvalue weighted by Gasteiger charge is 2.25. The molecular formula is C19H31N3S2. The number of hydrogen-bond acceptors (Lipinski definition) is 3. The van der Waals surface area contributed by atoms with Crippen LogP contribution in [-0.2, 0) is 0 Å². The van der Waals surface area contributed by atoms with Crippen molar-refractivity contribution >= 4 is 45.9 Å². The van der Waals surface area contributed by atoms with Crippen molar-refractivity contribution in [2.75, 3.05) is 10.6 Å². The van der Waals surface area contributed by atoms with E-state index in [0.717, 1.165) is 35.6 Å². The van der Waals surface area contributed by atoms with E-state index in [1.165, 1.54) is 0 Å². The molecule has 0 aliphatic carbocycles. The summed E-state index contributed by atoms with van der Waals surface area (Å²) in [6.07, 6.45) is 3.04. The number of benzene rings is 1. The average Bonchev–Trinajstić information content (AvgIpc) is 2.55. The monoisotopic (exact) mass is 365 g/mol. The van der Waals surface area contributed by atoms with Crippen LogP contribution in [0.5, 0.6) is 0 Å². The van der Waals surface area contributed by atoms with E-state index in [-0.39, 0.29) is 11.0 Å². The fourth-order valence-corrected chi connectivity index (χ4v) is 2.78. The predicted molar refractivity (Wildman–Crippen MR) is 115 cm³/mol. The topological polar surface area (TPSA) is 36.1 Å². The zero-order chi connectivity index (χ0) is 18.4. The molecule has 1 aromatic carbocycles. The molecule has 0 aromatic heterocycles. The standard InChI is InChI=1S/C19H31N3S2/c1-7-18(4,5)22-15-12-10-14(11-13-15)20-17(24)21-16(23)19(6,8-2)9-3/h10-13,22H,7-9H2,1-6H3,(H2,20,21,23,24). The summed E-state index contributed by atoms with van der Waals surface area (Å²) < 4.78 is 0. The Morgan fingerprint density at radius 3 is 1.83 bits per heavy atom. The molecule has 0 amide bonds. The number of anilines is 2. The van der Waals surface area contributed by atoms with Gasteiger partial charge in [-0.2, -0.15) is 0 Å². The Kier molecular flexibility index (Phi) is 7.61. The van der Waals surface area contributed by atoms with E-state index in [0.29, 0.717) is 5.11 Å². The summed E-state index contributed by atoms with van der Waals surface area (Å²) in [4.78, 5) is 0.799. The molecule has 0 saturated heterocycles. The van der Waals surface area contributed by atoms with E-state index in [1.54, 1.807) is 0 Å². The van der Waals surface area contributed by atoms with Crippen molar-refractivity contribution in [3.8, 4) is 0 Å². The molecule has 3 nitrogen and oxygen atoms in total. The molecule has 0 aliphatic rings. The second kappa shape index (κ2) is 8.77. The van der Waals surface area contributed by atoms with Gasteiger partial charge in [-0.15, -0.1) is 0 Å². The van der Waals surface area contributed by atoms with E-state index < -0.39 is 0 Å². The van der Waals surface area contributed by atoms with Gasteiger partial charge in [-0.25, -0.2) is 0 Å². The Bertz CT molecular complexity index is 560. The first-order chi connectivity index (χ1) is 11.2. The molecule has 24 heavy (non-hydrogen) atoms. The molecule has 0 heterocycles. The third-order valence-electron chi connectivity index (χ3n) is 4.85. The maximum Gasteiger partial charge on any atom is 0.175 e. The Morgan fingerprint density at radius 2 is 1.38 bits per heavy atom. The van der Waals surface area contributed by atoms with Gasteiger partial charge >= 0.3 is 0 Å². The lowest BCUT2D eigenvalue weighted by Gasteiger charge is -2.28. The molecule has 1 aromatic rings. The molecule has 0 unspecified atom stereocenters. The molecule has 0 spiro atoms. The number of hydrogen-bond donors (Lipinski definition) is 3. The molecule has 0 atom stereocenters. The summed E-state index contributed by atoms with van der Waals surface area (Å²) in [6.45, 7) is 13.0. The summed E-state index contributed by atoms with van der Waals surface area (Å²) in [5.74, 6) is 0. The van der Waals surface area contributed by atoms with Crippen molar-refractivity contribution in [3.05, 3.63) is 24.3 Å². The largest absolute Gasteiger partial charge is 0.380 e. The minimum atomic E-state index is -0.0133. The lowest BCUT2D eigenvalue weighted by molar-refractivity contribution is 0.432. The van der Waals surface area contributed by atoms with Crippen LogP contribution in [0.1, 0.15) is 60.8 Å². The Hall–Kier alpha value is -1.20. The van der Waals surface area contributed by atoms with Gasteiger partial charge in [-0.3, -0.25) is 0 Å². The molecule has 0 radical (unpaired) electrons. The number of thiocarbonyl (C=S) groups is 2. The molecule has 5 heteroatoms. The lowest BCUT2D eigenvalue weighted by atomic mass is 9.84. The lowest BCUT2D eigenvalue weighted by Crippen LogP contribution is -2.42. The average molecular weight is 366 g/mol. The van der Waals surface area contributed by atoms with Gasteiger partial charge < -0.3 is 16.0 Å². The quantitative estimate of drug-likeness (QED) is 0.538. The highest BCUT2D eigenvalue weighted by molar-refractivity contribution is 7.82. The van der Waals surface area contributed by atoms with Crippen LogP contribution < -0.4 is 16.0 Å². The minimum absolute atomic E-state index is 0.0133. The smallest absolute Gasteiger partial charge is 0.175 e. The minimum Gasteiger partial charge on any atom is -0.380 e. The maximum atomic E-state index is 5.52. The third kappa shape index (κ3) is 6.02. The second-order valence-electron chi connectivity index (χ2n) is 7.12. The van der Waals surface area contributed by atoms with E-state index in [1.807, 2.05) is 12.1 Å². The van der Waals surface area contributed by atoms with Gasteiger partial charge in [0.25, 0.3) is 0 Å². The Balaban J connectivity index is 2.64. The normalized spacial score (nSPS) is 11.8. The first-order valence-electron chi connectivity index (χ1n) is 8.66. The first kappa shape index (κ1) is 20.8. The van der Waals surface area contributed by atoms with Gasteiger partial charge in [0.15, 0.2) is 5.11 Å². The fourth-order valence-electron chi connectivity index (χ4n) is 2.10. The summed E-state index contributed by atoms with van der Waals surface area (Å²) in [5, 5.41) is 10.4. The van der Waals surface area contributed by atoms with Crippen molar-refractivity contribution in [1.29, 1.82) is 0 Å². The van der Waals surface area contributed by atoms with Gasteiger partial charge in [0.05, 0.1) is 4.99 Å². The molecule has 1 rings (SSSR count). The highest BCUT2D eigenvalue weighted by atomic mass is 32.1. The van der Waals surface area contributed by atoms with Crippen molar-refractivity contribution in [2.45, 2.75) is 66.3 Å². The van der Waals surface area contributed by atoms with Crippen LogP contribution in [0.25, 0.3) is 0 Å². The van der Waals surface area contributed by atoms with Gasteiger partial charge in [0, 0.05) is 22.3 Å². The van der Waals surface area contributed by atoms with Crippen LogP contribution in [0.15, 0.2) is 24.3 Å². The second-order valence-corrected chi connectivity index (χ2v) is 7.93. The molecule has 0 aliphatic heterocycles. The van der Waals surface area contributed by atoms with Crippen molar-refractivity contribution < 1.29 is 0 Å². The molecule has 134 valence electrons. The number of rotatable bonds is 7. The third-order valence-corrected chi connectivity index (χ3v) is 5.64. The molecule has 3 N–H and O–H groups in total. The summed E-state index contributed by atoms with van der Waals surface area (Å²) in [6, 6.07) is 8.15. The fraction of sp³-hybridized carbons (Fsp3) is 0.579. The van der Waals surface area contributed by atoms with Crippen molar-refractivity contribution in [3.63, 3.8) is 0 Å². The molecular weight excluding hydrogens is 334 g/mol. The van der Waals surface area contributed by atoms with E-state index in [2.05, 4.69) is 69.6 Å². The summed E-state index contributed by atoms with van der Waals surface area (Å²) in [7, 11) is 0. The Morgan fingerprint density at radius 1 is 0.875 bits per heavy atom. The molecule has 0 fully saturated rings. The number of nitrogens with one attached hydrogen (secondary N) is 3. The van der Waals surface area contributed by atoms with Crippen LogP contribution in [0.3, 0.4) is 0 Å². The van der Waals surface area contributed by atoms with Crippen molar-refractivity contribution in [2.24, 2.45) is 5.41 Å². The zero-order valence-electron chi connectivity index (χ0n) is 15.7. The van der Waals surface area contributed by atoms with Crippen LogP contribution in [0.4, 0.5) is 11.4 Å². The molecule has 0 saturated carbocycles. The van der Waals surface area contributed by atoms with E-state index in [4.69, 9.17) is 24.4 Å². The van der Waals surface area contributed by atoms with Gasteiger partial charge in [0.1, 0.15) is 0 Å². The zero-order valence-corrected chi connectivity index (χ0v) is 17.4. The SMILES string of the molecule is CCC(C)(C)Nc1ccc(NC(=S)NC(=S)C(C)(CC)CC)cc1.